The molecule has 2 N–H and O–H groups in total. The lowest BCUT2D eigenvalue weighted by Gasteiger charge is -2.09. The molecular weight excluding hydrogens is 438 g/mol. The molecule has 0 atom stereocenters. The predicted octanol–water partition coefficient (Wildman–Crippen LogP) is 4.71. The maximum absolute atomic E-state index is 12.6. The maximum Gasteiger partial charge on any atom is 0.271 e. The minimum absolute atomic E-state index is 0.112. The van der Waals surface area contributed by atoms with Crippen molar-refractivity contribution in [3.05, 3.63) is 95.6 Å². The molecule has 3 rings (SSSR count). The molecule has 0 bridgehead atoms. The predicted molar refractivity (Wildman–Crippen MR) is 131 cm³/mol. The SMILES string of the molecule is CCOc1ccc(S(=O)(=O)Nc2ccc(C(=O)N/N=C/C(C)=C/c3ccccc3)cc2)cc1. The lowest BCUT2D eigenvalue weighted by atomic mass is 10.1. The summed E-state index contributed by atoms with van der Waals surface area (Å²) in [6.07, 6.45) is 3.51. The number of carbonyl (C=O) groups excluding carboxylic acids is 1. The van der Waals surface area contributed by atoms with E-state index in [1.165, 1.54) is 36.4 Å². The average molecular weight is 464 g/mol. The zero-order valence-corrected chi connectivity index (χ0v) is 19.2. The van der Waals surface area contributed by atoms with Crippen LogP contribution in [-0.4, -0.2) is 27.1 Å². The number of allylic oxidation sites excluding steroid dienone is 1. The molecule has 0 spiro atoms. The number of sulfonamides is 1. The van der Waals surface area contributed by atoms with Gasteiger partial charge < -0.3 is 4.74 Å². The summed E-state index contributed by atoms with van der Waals surface area (Å²) in [6, 6.07) is 22.0. The van der Waals surface area contributed by atoms with Crippen LogP contribution < -0.4 is 14.9 Å². The Hall–Kier alpha value is -3.91. The zero-order chi connectivity index (χ0) is 23.7. The van der Waals surface area contributed by atoms with Crippen LogP contribution in [-0.2, 0) is 10.0 Å². The van der Waals surface area contributed by atoms with E-state index >= 15 is 0 Å². The number of rotatable bonds is 9. The van der Waals surface area contributed by atoms with Gasteiger partial charge in [0.25, 0.3) is 15.9 Å². The molecule has 0 aliphatic heterocycles. The van der Waals surface area contributed by atoms with Crippen LogP contribution in [0, 0.1) is 0 Å². The van der Waals surface area contributed by atoms with E-state index in [9.17, 15) is 13.2 Å². The second kappa shape index (κ2) is 11.1. The summed E-state index contributed by atoms with van der Waals surface area (Å²) in [5, 5.41) is 3.97. The van der Waals surface area contributed by atoms with Gasteiger partial charge in [0.1, 0.15) is 5.75 Å². The standard InChI is InChI=1S/C25H25N3O4S/c1-3-32-23-13-15-24(16-14-23)33(30,31)28-22-11-9-21(10-12-22)25(29)27-26-18-19(2)17-20-7-5-4-6-8-20/h4-18,28H,3H2,1-2H3,(H,27,29)/b19-17+,26-18+. The van der Waals surface area contributed by atoms with E-state index in [2.05, 4.69) is 15.2 Å². The summed E-state index contributed by atoms with van der Waals surface area (Å²) in [4.78, 5) is 12.4. The quantitative estimate of drug-likeness (QED) is 0.355. The number of nitrogens with one attached hydrogen (secondary N) is 2. The van der Waals surface area contributed by atoms with Gasteiger partial charge in [0.15, 0.2) is 0 Å². The number of hydrogen-bond donors (Lipinski definition) is 2. The van der Waals surface area contributed by atoms with Gasteiger partial charge in [0.05, 0.1) is 17.7 Å². The first-order valence-electron chi connectivity index (χ1n) is 10.3. The number of carbonyl (C=O) groups is 1. The van der Waals surface area contributed by atoms with Crippen LogP contribution in [0.1, 0.15) is 29.8 Å². The Labute approximate surface area is 193 Å². The number of hydrazone groups is 1. The van der Waals surface area contributed by atoms with Crippen molar-refractivity contribution >= 4 is 33.9 Å². The Morgan fingerprint density at radius 3 is 2.27 bits per heavy atom. The fourth-order valence-corrected chi connectivity index (χ4v) is 3.95. The molecule has 1 amide bonds. The highest BCUT2D eigenvalue weighted by Crippen LogP contribution is 2.19. The molecule has 7 nitrogen and oxygen atoms in total. The molecule has 170 valence electrons. The molecule has 0 saturated carbocycles. The Morgan fingerprint density at radius 1 is 0.970 bits per heavy atom. The normalized spacial score (nSPS) is 11.9. The summed E-state index contributed by atoms with van der Waals surface area (Å²) in [7, 11) is -3.76. The molecule has 0 unspecified atom stereocenters. The van der Waals surface area contributed by atoms with Crippen molar-refractivity contribution in [2.24, 2.45) is 5.10 Å². The molecule has 0 aromatic heterocycles. The molecule has 0 saturated heterocycles. The number of ether oxygens (including phenoxy) is 1. The van der Waals surface area contributed by atoms with Gasteiger partial charge in [-0.1, -0.05) is 36.4 Å². The van der Waals surface area contributed by atoms with Crippen molar-refractivity contribution in [1.82, 2.24) is 5.43 Å². The van der Waals surface area contributed by atoms with E-state index in [-0.39, 0.29) is 4.90 Å². The maximum atomic E-state index is 12.6. The Balaban J connectivity index is 1.58. The van der Waals surface area contributed by atoms with Gasteiger partial charge in [-0.05, 0) is 73.5 Å². The van der Waals surface area contributed by atoms with Gasteiger partial charge in [0.2, 0.25) is 0 Å². The van der Waals surface area contributed by atoms with Crippen LogP contribution in [0.15, 0.2) is 94.4 Å². The van der Waals surface area contributed by atoms with Crippen LogP contribution in [0.3, 0.4) is 0 Å². The fraction of sp³-hybridized carbons (Fsp3) is 0.120. The largest absolute Gasteiger partial charge is 0.494 e. The van der Waals surface area contributed by atoms with Crippen molar-refractivity contribution in [1.29, 1.82) is 0 Å². The van der Waals surface area contributed by atoms with E-state index in [1.807, 2.05) is 50.3 Å². The molecule has 0 aliphatic rings. The third-order valence-electron chi connectivity index (χ3n) is 4.47. The van der Waals surface area contributed by atoms with Gasteiger partial charge in [-0.2, -0.15) is 5.10 Å². The minimum atomic E-state index is -3.76. The van der Waals surface area contributed by atoms with E-state index in [4.69, 9.17) is 4.74 Å². The third-order valence-corrected chi connectivity index (χ3v) is 5.87. The molecule has 0 radical (unpaired) electrons. The third kappa shape index (κ3) is 7.05. The Kier molecular flexibility index (Phi) is 7.99. The number of anilines is 1. The van der Waals surface area contributed by atoms with E-state index in [0.717, 1.165) is 11.1 Å². The van der Waals surface area contributed by atoms with Crippen LogP contribution in [0.4, 0.5) is 5.69 Å². The number of amides is 1. The highest BCUT2D eigenvalue weighted by atomic mass is 32.2. The highest BCUT2D eigenvalue weighted by molar-refractivity contribution is 7.92. The van der Waals surface area contributed by atoms with Crippen LogP contribution >= 0.6 is 0 Å². The summed E-state index contributed by atoms with van der Waals surface area (Å²) in [5.41, 5.74) is 5.06. The summed E-state index contributed by atoms with van der Waals surface area (Å²) < 4.78 is 33.0. The second-order valence-corrected chi connectivity index (χ2v) is 8.77. The molecule has 0 heterocycles. The average Bonchev–Trinajstić information content (AvgIpc) is 2.80. The van der Waals surface area contributed by atoms with Gasteiger partial charge in [0, 0.05) is 11.3 Å². The smallest absolute Gasteiger partial charge is 0.271 e. The van der Waals surface area contributed by atoms with Crippen molar-refractivity contribution in [3.8, 4) is 5.75 Å². The fourth-order valence-electron chi connectivity index (χ4n) is 2.89. The van der Waals surface area contributed by atoms with Crippen molar-refractivity contribution in [2.75, 3.05) is 11.3 Å². The monoisotopic (exact) mass is 463 g/mol. The molecule has 8 heteroatoms. The number of benzene rings is 3. The first kappa shape index (κ1) is 23.7. The van der Waals surface area contributed by atoms with Gasteiger partial charge >= 0.3 is 0 Å². The van der Waals surface area contributed by atoms with Crippen molar-refractivity contribution in [3.63, 3.8) is 0 Å². The van der Waals surface area contributed by atoms with Gasteiger partial charge in [-0.3, -0.25) is 9.52 Å². The molecule has 0 fully saturated rings. The van der Waals surface area contributed by atoms with E-state index in [1.54, 1.807) is 18.3 Å². The second-order valence-electron chi connectivity index (χ2n) is 7.09. The Bertz CT molecular complexity index is 1240. The van der Waals surface area contributed by atoms with Gasteiger partial charge in [-0.25, -0.2) is 13.8 Å². The van der Waals surface area contributed by atoms with E-state index < -0.39 is 15.9 Å². The molecule has 3 aromatic carbocycles. The van der Waals surface area contributed by atoms with Crippen molar-refractivity contribution in [2.45, 2.75) is 18.7 Å². The summed E-state index contributed by atoms with van der Waals surface area (Å²) in [6.45, 7) is 4.24. The first-order chi connectivity index (χ1) is 15.9. The topological polar surface area (TPSA) is 96.9 Å². The molecule has 3 aromatic rings. The summed E-state index contributed by atoms with van der Waals surface area (Å²) >= 11 is 0. The number of hydrogen-bond acceptors (Lipinski definition) is 5. The van der Waals surface area contributed by atoms with Crippen LogP contribution in [0.2, 0.25) is 0 Å². The minimum Gasteiger partial charge on any atom is -0.494 e. The van der Waals surface area contributed by atoms with Crippen LogP contribution in [0.5, 0.6) is 5.75 Å². The first-order valence-corrected chi connectivity index (χ1v) is 11.8. The Morgan fingerprint density at radius 2 is 1.64 bits per heavy atom. The van der Waals surface area contributed by atoms with E-state index in [0.29, 0.717) is 23.6 Å². The zero-order valence-electron chi connectivity index (χ0n) is 18.4. The molecular formula is C25H25N3O4S. The molecule has 33 heavy (non-hydrogen) atoms. The summed E-state index contributed by atoms with van der Waals surface area (Å²) in [5.74, 6) is 0.194. The number of nitrogens with zero attached hydrogens (tertiary/aromatic N) is 1. The molecule has 0 aliphatic carbocycles. The van der Waals surface area contributed by atoms with Gasteiger partial charge in [-0.15, -0.1) is 0 Å². The van der Waals surface area contributed by atoms with Crippen molar-refractivity contribution < 1.29 is 17.9 Å². The lowest BCUT2D eigenvalue weighted by molar-refractivity contribution is 0.0955. The van der Waals surface area contributed by atoms with Crippen LogP contribution in [0.25, 0.3) is 6.08 Å². The lowest BCUT2D eigenvalue weighted by Crippen LogP contribution is -2.18. The highest BCUT2D eigenvalue weighted by Gasteiger charge is 2.14.